The molecule has 3 aromatic rings. The van der Waals surface area contributed by atoms with Crippen LogP contribution in [-0.2, 0) is 4.79 Å². The minimum atomic E-state index is 0.00454. The summed E-state index contributed by atoms with van der Waals surface area (Å²) in [6.45, 7) is 6.71. The van der Waals surface area contributed by atoms with Crippen LogP contribution < -0.4 is 14.4 Å². The summed E-state index contributed by atoms with van der Waals surface area (Å²) in [6, 6.07) is 17.7. The topological polar surface area (TPSA) is 67.8 Å². The van der Waals surface area contributed by atoms with Crippen molar-refractivity contribution >= 4 is 11.7 Å². The van der Waals surface area contributed by atoms with E-state index in [1.165, 1.54) is 0 Å². The fourth-order valence-electron chi connectivity index (χ4n) is 3.93. The molecule has 1 saturated heterocycles. The van der Waals surface area contributed by atoms with Crippen LogP contribution in [0.3, 0.4) is 0 Å². The molecule has 4 rings (SSSR count). The summed E-state index contributed by atoms with van der Waals surface area (Å²) in [5.74, 6) is 2.38. The zero-order chi connectivity index (χ0) is 22.5. The predicted octanol–water partition coefficient (Wildman–Crippen LogP) is 3.50. The number of carbonyl (C=O) groups excluding carboxylic acids is 1. The number of benzene rings is 2. The van der Waals surface area contributed by atoms with Crippen molar-refractivity contribution in [3.8, 4) is 22.8 Å². The fraction of sp³-hybridized carbons (Fsp3) is 0.320. The lowest BCUT2D eigenvalue weighted by atomic mass is 10.1. The third-order valence-electron chi connectivity index (χ3n) is 5.74. The number of hydrogen-bond donors (Lipinski definition) is 0. The van der Waals surface area contributed by atoms with Gasteiger partial charge in [-0.15, -0.1) is 10.2 Å². The lowest BCUT2D eigenvalue weighted by Gasteiger charge is -2.35. The van der Waals surface area contributed by atoms with Crippen molar-refractivity contribution in [2.45, 2.75) is 13.8 Å². The second-order valence-electron chi connectivity index (χ2n) is 7.85. The molecule has 1 aromatic heterocycles. The molecule has 0 radical (unpaired) electrons. The molecule has 0 aliphatic carbocycles. The average Bonchev–Trinajstić information content (AvgIpc) is 2.84. The SMILES string of the molecule is COc1ccccc1-c1ccc(N2CCN(C(=O)COc3c(C)cccc3C)CC2)nn1. The van der Waals surface area contributed by atoms with Crippen LogP contribution in [-0.4, -0.2) is 60.9 Å². The first-order valence-corrected chi connectivity index (χ1v) is 10.8. The predicted molar refractivity (Wildman–Crippen MR) is 124 cm³/mol. The van der Waals surface area contributed by atoms with Gasteiger partial charge < -0.3 is 19.3 Å². The number of nitrogens with zero attached hydrogens (tertiary/aromatic N) is 4. The number of carbonyl (C=O) groups is 1. The van der Waals surface area contributed by atoms with Gasteiger partial charge in [0.2, 0.25) is 0 Å². The van der Waals surface area contributed by atoms with Crippen LogP contribution in [0.25, 0.3) is 11.3 Å². The monoisotopic (exact) mass is 432 g/mol. The minimum Gasteiger partial charge on any atom is -0.496 e. The van der Waals surface area contributed by atoms with Crippen LogP contribution in [0, 0.1) is 13.8 Å². The van der Waals surface area contributed by atoms with Crippen LogP contribution in [0.1, 0.15) is 11.1 Å². The van der Waals surface area contributed by atoms with Gasteiger partial charge in [-0.3, -0.25) is 4.79 Å². The summed E-state index contributed by atoms with van der Waals surface area (Å²) in [7, 11) is 1.65. The summed E-state index contributed by atoms with van der Waals surface area (Å²) in [6.07, 6.45) is 0. The van der Waals surface area contributed by atoms with E-state index in [2.05, 4.69) is 15.1 Å². The highest BCUT2D eigenvalue weighted by molar-refractivity contribution is 5.78. The third kappa shape index (κ3) is 4.66. The third-order valence-corrected chi connectivity index (χ3v) is 5.74. The van der Waals surface area contributed by atoms with Gasteiger partial charge in [0, 0.05) is 31.7 Å². The molecule has 0 unspecified atom stereocenters. The molecule has 2 aromatic carbocycles. The number of para-hydroxylation sites is 2. The van der Waals surface area contributed by atoms with Crippen LogP contribution in [0.5, 0.6) is 11.5 Å². The van der Waals surface area contributed by atoms with Crippen LogP contribution >= 0.6 is 0 Å². The van der Waals surface area contributed by atoms with E-state index in [1.54, 1.807) is 7.11 Å². The molecule has 0 atom stereocenters. The molecule has 1 amide bonds. The molecule has 1 fully saturated rings. The molecule has 32 heavy (non-hydrogen) atoms. The summed E-state index contributed by atoms with van der Waals surface area (Å²) >= 11 is 0. The fourth-order valence-corrected chi connectivity index (χ4v) is 3.93. The molecular weight excluding hydrogens is 404 g/mol. The maximum atomic E-state index is 12.6. The quantitative estimate of drug-likeness (QED) is 0.594. The Bertz CT molecular complexity index is 1060. The van der Waals surface area contributed by atoms with Crippen molar-refractivity contribution in [2.24, 2.45) is 0 Å². The number of rotatable bonds is 6. The molecule has 0 spiro atoms. The van der Waals surface area contributed by atoms with E-state index >= 15 is 0 Å². The van der Waals surface area contributed by atoms with Crippen LogP contribution in [0.4, 0.5) is 5.82 Å². The zero-order valence-corrected chi connectivity index (χ0v) is 18.7. The number of methoxy groups -OCH3 is 1. The Morgan fingerprint density at radius 3 is 2.28 bits per heavy atom. The molecule has 1 aliphatic heterocycles. The largest absolute Gasteiger partial charge is 0.496 e. The van der Waals surface area contributed by atoms with Gasteiger partial charge >= 0.3 is 0 Å². The van der Waals surface area contributed by atoms with Gasteiger partial charge in [-0.05, 0) is 49.2 Å². The minimum absolute atomic E-state index is 0.00454. The Balaban J connectivity index is 1.33. The molecule has 1 aliphatic rings. The van der Waals surface area contributed by atoms with E-state index in [4.69, 9.17) is 9.47 Å². The van der Waals surface area contributed by atoms with Crippen molar-refractivity contribution in [2.75, 3.05) is 44.8 Å². The van der Waals surface area contributed by atoms with E-state index in [0.29, 0.717) is 26.2 Å². The molecule has 166 valence electrons. The van der Waals surface area contributed by atoms with Gasteiger partial charge in [0.1, 0.15) is 11.5 Å². The zero-order valence-electron chi connectivity index (χ0n) is 18.7. The second-order valence-corrected chi connectivity index (χ2v) is 7.85. The van der Waals surface area contributed by atoms with Gasteiger partial charge in [-0.25, -0.2) is 0 Å². The van der Waals surface area contributed by atoms with Crippen molar-refractivity contribution in [3.05, 3.63) is 65.7 Å². The Morgan fingerprint density at radius 2 is 1.62 bits per heavy atom. The molecule has 0 bridgehead atoms. The van der Waals surface area contributed by atoms with Crippen molar-refractivity contribution in [1.82, 2.24) is 15.1 Å². The molecule has 2 heterocycles. The van der Waals surface area contributed by atoms with Gasteiger partial charge in [0.25, 0.3) is 5.91 Å². The Labute approximate surface area is 188 Å². The summed E-state index contributed by atoms with van der Waals surface area (Å²) in [5, 5.41) is 8.81. The Kier molecular flexibility index (Phi) is 6.54. The van der Waals surface area contributed by atoms with Gasteiger partial charge in [-0.2, -0.15) is 0 Å². The molecule has 0 N–H and O–H groups in total. The van der Waals surface area contributed by atoms with Crippen LogP contribution in [0.2, 0.25) is 0 Å². The second kappa shape index (κ2) is 9.68. The normalized spacial score (nSPS) is 13.7. The number of aryl methyl sites for hydroxylation is 2. The first kappa shape index (κ1) is 21.6. The number of ether oxygens (including phenoxy) is 2. The Hall–Kier alpha value is -3.61. The van der Waals surface area contributed by atoms with E-state index in [-0.39, 0.29) is 12.5 Å². The van der Waals surface area contributed by atoms with E-state index in [0.717, 1.165) is 39.7 Å². The smallest absolute Gasteiger partial charge is 0.260 e. The summed E-state index contributed by atoms with van der Waals surface area (Å²) in [4.78, 5) is 16.6. The standard InChI is InChI=1S/C25H28N4O3/c1-18-7-6-8-19(2)25(18)32-17-24(30)29-15-13-28(14-16-29)23-12-11-21(26-27-23)20-9-4-5-10-22(20)31-3/h4-12H,13-17H2,1-3H3. The summed E-state index contributed by atoms with van der Waals surface area (Å²) < 4.78 is 11.2. The van der Waals surface area contributed by atoms with E-state index in [9.17, 15) is 4.79 Å². The number of piperazine rings is 1. The highest BCUT2D eigenvalue weighted by Gasteiger charge is 2.23. The molecule has 7 nitrogen and oxygen atoms in total. The van der Waals surface area contributed by atoms with Gasteiger partial charge in [0.15, 0.2) is 12.4 Å². The van der Waals surface area contributed by atoms with E-state index < -0.39 is 0 Å². The van der Waals surface area contributed by atoms with E-state index in [1.807, 2.05) is 73.3 Å². The number of aromatic nitrogens is 2. The highest BCUT2D eigenvalue weighted by Crippen LogP contribution is 2.28. The van der Waals surface area contributed by atoms with Crippen LogP contribution in [0.15, 0.2) is 54.6 Å². The van der Waals surface area contributed by atoms with Gasteiger partial charge in [-0.1, -0.05) is 30.3 Å². The maximum absolute atomic E-state index is 12.6. The molecular formula is C25H28N4O3. The lowest BCUT2D eigenvalue weighted by molar-refractivity contribution is -0.133. The first-order valence-electron chi connectivity index (χ1n) is 10.8. The summed E-state index contributed by atoms with van der Waals surface area (Å²) in [5.41, 5.74) is 3.76. The highest BCUT2D eigenvalue weighted by atomic mass is 16.5. The number of anilines is 1. The van der Waals surface area contributed by atoms with Crippen molar-refractivity contribution < 1.29 is 14.3 Å². The van der Waals surface area contributed by atoms with Crippen molar-refractivity contribution in [1.29, 1.82) is 0 Å². The maximum Gasteiger partial charge on any atom is 0.260 e. The number of amides is 1. The Morgan fingerprint density at radius 1 is 0.906 bits per heavy atom. The average molecular weight is 433 g/mol. The number of hydrogen-bond acceptors (Lipinski definition) is 6. The molecule has 7 heteroatoms. The molecule has 0 saturated carbocycles. The van der Waals surface area contributed by atoms with Gasteiger partial charge in [0.05, 0.1) is 12.8 Å². The first-order chi connectivity index (χ1) is 15.6. The van der Waals surface area contributed by atoms with Crippen molar-refractivity contribution in [3.63, 3.8) is 0 Å². The lowest BCUT2D eigenvalue weighted by Crippen LogP contribution is -2.50.